The van der Waals surface area contributed by atoms with E-state index in [1.807, 2.05) is 0 Å². The lowest BCUT2D eigenvalue weighted by Gasteiger charge is -2.33. The summed E-state index contributed by atoms with van der Waals surface area (Å²) in [5, 5.41) is 8.43. The van der Waals surface area contributed by atoms with Crippen molar-refractivity contribution in [1.29, 1.82) is 0 Å². The zero-order valence-electron chi connectivity index (χ0n) is 10.2. The summed E-state index contributed by atoms with van der Waals surface area (Å²) in [5.74, 6) is -1.03. The molecular formula is C10H16N6O2. The van der Waals surface area contributed by atoms with E-state index in [0.29, 0.717) is 13.1 Å². The standard InChI is InChI=1S/C10H16N6O2/c1-2-15-3-5-16(6-4-15)9(18)8(17)13-10-11-7-12-14-10/h7H,2-6H2,1H3,(H2,11,12,13,14,17). The van der Waals surface area contributed by atoms with Crippen LogP contribution >= 0.6 is 0 Å². The van der Waals surface area contributed by atoms with Crippen LogP contribution in [-0.4, -0.2) is 69.5 Å². The average molecular weight is 252 g/mol. The normalized spacial score (nSPS) is 16.6. The van der Waals surface area contributed by atoms with Crippen LogP contribution < -0.4 is 5.32 Å². The number of nitrogens with one attached hydrogen (secondary N) is 2. The summed E-state index contributed by atoms with van der Waals surface area (Å²) in [6.07, 6.45) is 1.26. The van der Waals surface area contributed by atoms with E-state index in [9.17, 15) is 9.59 Å². The van der Waals surface area contributed by atoms with Crippen LogP contribution in [0.4, 0.5) is 5.95 Å². The van der Waals surface area contributed by atoms with Crippen molar-refractivity contribution in [2.75, 3.05) is 38.0 Å². The Kier molecular flexibility index (Phi) is 3.88. The molecule has 2 rings (SSSR count). The molecule has 0 radical (unpaired) electrons. The lowest BCUT2D eigenvalue weighted by Crippen LogP contribution is -2.51. The number of nitrogens with zero attached hydrogens (tertiary/aromatic N) is 4. The van der Waals surface area contributed by atoms with Crippen LogP contribution in [-0.2, 0) is 9.59 Å². The summed E-state index contributed by atoms with van der Waals surface area (Å²) < 4.78 is 0. The Morgan fingerprint density at radius 1 is 1.39 bits per heavy atom. The molecule has 18 heavy (non-hydrogen) atoms. The Morgan fingerprint density at radius 3 is 2.67 bits per heavy atom. The largest absolute Gasteiger partial charge is 0.332 e. The minimum atomic E-state index is -0.684. The van der Waals surface area contributed by atoms with Crippen LogP contribution in [0.5, 0.6) is 0 Å². The molecule has 0 saturated carbocycles. The maximum Gasteiger partial charge on any atom is 0.316 e. The first kappa shape index (κ1) is 12.5. The Labute approximate surface area is 104 Å². The van der Waals surface area contributed by atoms with E-state index in [-0.39, 0.29) is 5.95 Å². The molecule has 2 amide bonds. The highest BCUT2D eigenvalue weighted by molar-refractivity contribution is 6.39. The molecule has 0 bridgehead atoms. The second-order valence-electron chi connectivity index (χ2n) is 4.01. The number of rotatable bonds is 2. The third-order valence-electron chi connectivity index (χ3n) is 2.95. The van der Waals surface area contributed by atoms with Crippen molar-refractivity contribution in [3.63, 3.8) is 0 Å². The van der Waals surface area contributed by atoms with E-state index in [1.54, 1.807) is 4.90 Å². The highest BCUT2D eigenvalue weighted by atomic mass is 16.2. The third kappa shape index (κ3) is 2.83. The quantitative estimate of drug-likeness (QED) is 0.652. The topological polar surface area (TPSA) is 94.2 Å². The minimum Gasteiger partial charge on any atom is -0.332 e. The van der Waals surface area contributed by atoms with E-state index >= 15 is 0 Å². The predicted octanol–water partition coefficient (Wildman–Crippen LogP) is -1.09. The van der Waals surface area contributed by atoms with Gasteiger partial charge in [-0.25, -0.2) is 5.10 Å². The summed E-state index contributed by atoms with van der Waals surface area (Å²) in [6, 6.07) is 0. The van der Waals surface area contributed by atoms with E-state index in [4.69, 9.17) is 0 Å². The molecule has 0 aliphatic carbocycles. The molecular weight excluding hydrogens is 236 g/mol. The second kappa shape index (κ2) is 5.58. The highest BCUT2D eigenvalue weighted by Crippen LogP contribution is 2.03. The Morgan fingerprint density at radius 2 is 2.11 bits per heavy atom. The van der Waals surface area contributed by atoms with Crippen molar-refractivity contribution < 1.29 is 9.59 Å². The lowest BCUT2D eigenvalue weighted by molar-refractivity contribution is -0.144. The van der Waals surface area contributed by atoms with Gasteiger partial charge in [0.1, 0.15) is 6.33 Å². The molecule has 98 valence electrons. The Bertz CT molecular complexity index is 410. The molecule has 1 aliphatic rings. The molecule has 0 spiro atoms. The van der Waals surface area contributed by atoms with Crippen LogP contribution in [0.25, 0.3) is 0 Å². The van der Waals surface area contributed by atoms with Crippen molar-refractivity contribution in [1.82, 2.24) is 25.0 Å². The van der Waals surface area contributed by atoms with E-state index in [0.717, 1.165) is 19.6 Å². The van der Waals surface area contributed by atoms with Crippen LogP contribution in [0.1, 0.15) is 6.92 Å². The van der Waals surface area contributed by atoms with Crippen molar-refractivity contribution >= 4 is 17.8 Å². The fourth-order valence-electron chi connectivity index (χ4n) is 1.84. The van der Waals surface area contributed by atoms with Gasteiger partial charge in [0.2, 0.25) is 5.95 Å². The number of likely N-dealkylation sites (N-methyl/N-ethyl adjacent to an activating group) is 1. The van der Waals surface area contributed by atoms with Crippen molar-refractivity contribution in [2.24, 2.45) is 0 Å². The molecule has 2 heterocycles. The monoisotopic (exact) mass is 252 g/mol. The van der Waals surface area contributed by atoms with E-state index in [2.05, 4.69) is 32.3 Å². The Balaban J connectivity index is 1.86. The molecule has 1 aromatic heterocycles. The van der Waals surface area contributed by atoms with Gasteiger partial charge >= 0.3 is 11.8 Å². The zero-order chi connectivity index (χ0) is 13.0. The molecule has 8 nitrogen and oxygen atoms in total. The average Bonchev–Trinajstić information content (AvgIpc) is 2.91. The van der Waals surface area contributed by atoms with Gasteiger partial charge in [-0.05, 0) is 6.54 Å². The molecule has 8 heteroatoms. The van der Waals surface area contributed by atoms with Crippen LogP contribution in [0.15, 0.2) is 6.33 Å². The number of amides is 2. The molecule has 1 saturated heterocycles. The first-order chi connectivity index (χ1) is 8.70. The predicted molar refractivity (Wildman–Crippen MR) is 63.7 cm³/mol. The summed E-state index contributed by atoms with van der Waals surface area (Å²) in [5.41, 5.74) is 0. The number of aromatic nitrogens is 3. The maximum atomic E-state index is 11.9. The van der Waals surface area contributed by atoms with Crippen molar-refractivity contribution in [3.8, 4) is 0 Å². The number of carbonyl (C=O) groups is 2. The van der Waals surface area contributed by atoms with Gasteiger partial charge in [0.05, 0.1) is 0 Å². The summed E-state index contributed by atoms with van der Waals surface area (Å²) in [4.78, 5) is 31.0. The van der Waals surface area contributed by atoms with Crippen LogP contribution in [0.3, 0.4) is 0 Å². The van der Waals surface area contributed by atoms with Gasteiger partial charge in [-0.3, -0.25) is 14.9 Å². The first-order valence-electron chi connectivity index (χ1n) is 5.88. The Hall–Kier alpha value is -1.96. The molecule has 0 unspecified atom stereocenters. The smallest absolute Gasteiger partial charge is 0.316 e. The molecule has 0 aromatic carbocycles. The fraction of sp³-hybridized carbons (Fsp3) is 0.600. The molecule has 2 N–H and O–H groups in total. The number of carbonyl (C=O) groups excluding carboxylic acids is 2. The number of H-pyrrole nitrogens is 1. The highest BCUT2D eigenvalue weighted by Gasteiger charge is 2.25. The van der Waals surface area contributed by atoms with Gasteiger partial charge in [0.25, 0.3) is 0 Å². The maximum absolute atomic E-state index is 11.9. The molecule has 1 aromatic rings. The van der Waals surface area contributed by atoms with Gasteiger partial charge in [-0.1, -0.05) is 6.92 Å². The van der Waals surface area contributed by atoms with E-state index in [1.165, 1.54) is 6.33 Å². The number of anilines is 1. The van der Waals surface area contributed by atoms with Crippen LogP contribution in [0, 0.1) is 0 Å². The number of hydrogen-bond donors (Lipinski definition) is 2. The minimum absolute atomic E-state index is 0.181. The SMILES string of the molecule is CCN1CCN(C(=O)C(=O)Nc2ncn[nH]2)CC1. The van der Waals surface area contributed by atoms with Gasteiger partial charge < -0.3 is 9.80 Å². The third-order valence-corrected chi connectivity index (χ3v) is 2.95. The molecule has 0 atom stereocenters. The first-order valence-corrected chi connectivity index (χ1v) is 5.88. The number of hydrogen-bond acceptors (Lipinski definition) is 5. The number of aromatic amines is 1. The molecule has 1 aliphatic heterocycles. The van der Waals surface area contributed by atoms with Crippen LogP contribution in [0.2, 0.25) is 0 Å². The van der Waals surface area contributed by atoms with Gasteiger partial charge in [0, 0.05) is 26.2 Å². The summed E-state index contributed by atoms with van der Waals surface area (Å²) in [7, 11) is 0. The van der Waals surface area contributed by atoms with Gasteiger partial charge in [-0.2, -0.15) is 10.1 Å². The fourth-order valence-corrected chi connectivity index (χ4v) is 1.84. The zero-order valence-corrected chi connectivity index (χ0v) is 10.2. The van der Waals surface area contributed by atoms with Gasteiger partial charge in [-0.15, -0.1) is 0 Å². The summed E-state index contributed by atoms with van der Waals surface area (Å²) >= 11 is 0. The van der Waals surface area contributed by atoms with Crippen molar-refractivity contribution in [2.45, 2.75) is 6.92 Å². The second-order valence-corrected chi connectivity index (χ2v) is 4.01. The van der Waals surface area contributed by atoms with E-state index < -0.39 is 11.8 Å². The summed E-state index contributed by atoms with van der Waals surface area (Å²) in [6.45, 7) is 5.81. The van der Waals surface area contributed by atoms with Crippen molar-refractivity contribution in [3.05, 3.63) is 6.33 Å². The lowest BCUT2D eigenvalue weighted by atomic mass is 10.3. The molecule has 1 fully saturated rings. The van der Waals surface area contributed by atoms with Gasteiger partial charge in [0.15, 0.2) is 0 Å². The number of piperazine rings is 1.